The van der Waals surface area contributed by atoms with Crippen LogP contribution in [0.4, 0.5) is 5.00 Å². The Kier molecular flexibility index (Phi) is 4.43. The lowest BCUT2D eigenvalue weighted by molar-refractivity contribution is -0.116. The van der Waals surface area contributed by atoms with Gasteiger partial charge >= 0.3 is 0 Å². The molecule has 0 aromatic carbocycles. The highest BCUT2D eigenvalue weighted by molar-refractivity contribution is 7.14. The van der Waals surface area contributed by atoms with Crippen LogP contribution in [0.25, 0.3) is 0 Å². The molecule has 0 unspecified atom stereocenters. The lowest BCUT2D eigenvalue weighted by Crippen LogP contribution is -2.21. The third-order valence-corrected chi connectivity index (χ3v) is 3.26. The summed E-state index contributed by atoms with van der Waals surface area (Å²) < 4.78 is 1.43. The van der Waals surface area contributed by atoms with Crippen LogP contribution in [-0.4, -0.2) is 33.9 Å². The van der Waals surface area contributed by atoms with Crippen LogP contribution in [0.3, 0.4) is 0 Å². The van der Waals surface area contributed by atoms with E-state index < -0.39 is 5.91 Å². The number of carbonyl (C=O) groups excluding carboxylic acids is 2. The smallest absolute Gasteiger partial charge is 0.251 e. The fourth-order valence-corrected chi connectivity index (χ4v) is 2.40. The van der Waals surface area contributed by atoms with Crippen molar-refractivity contribution < 1.29 is 9.59 Å². The SMILES string of the molecule is CNCc1cn(CC(=O)Nc2sccc2C(N)=O)nn1. The van der Waals surface area contributed by atoms with Crippen molar-refractivity contribution in [3.8, 4) is 0 Å². The number of primary amides is 1. The van der Waals surface area contributed by atoms with Gasteiger partial charge in [0.25, 0.3) is 5.91 Å². The minimum atomic E-state index is -0.571. The summed E-state index contributed by atoms with van der Waals surface area (Å²) >= 11 is 1.24. The maximum atomic E-state index is 11.9. The van der Waals surface area contributed by atoms with Crippen molar-refractivity contribution in [3.63, 3.8) is 0 Å². The van der Waals surface area contributed by atoms with Crippen LogP contribution in [0, 0.1) is 0 Å². The van der Waals surface area contributed by atoms with Crippen molar-refractivity contribution in [2.75, 3.05) is 12.4 Å². The van der Waals surface area contributed by atoms with Gasteiger partial charge in [-0.2, -0.15) is 0 Å². The zero-order valence-corrected chi connectivity index (χ0v) is 11.6. The molecule has 0 spiro atoms. The van der Waals surface area contributed by atoms with Crippen molar-refractivity contribution in [2.24, 2.45) is 5.73 Å². The van der Waals surface area contributed by atoms with Gasteiger partial charge in [-0.15, -0.1) is 16.4 Å². The number of aromatic nitrogens is 3. The van der Waals surface area contributed by atoms with Gasteiger partial charge in [0.1, 0.15) is 11.5 Å². The molecular weight excluding hydrogens is 280 g/mol. The maximum absolute atomic E-state index is 11.9. The van der Waals surface area contributed by atoms with Crippen molar-refractivity contribution in [1.29, 1.82) is 0 Å². The molecule has 0 radical (unpaired) electrons. The van der Waals surface area contributed by atoms with Crippen LogP contribution in [0.15, 0.2) is 17.6 Å². The normalized spacial score (nSPS) is 10.4. The summed E-state index contributed by atoms with van der Waals surface area (Å²) in [5, 5.41) is 15.5. The number of nitrogens with zero attached hydrogens (tertiary/aromatic N) is 3. The van der Waals surface area contributed by atoms with Gasteiger partial charge in [-0.1, -0.05) is 5.21 Å². The fourth-order valence-electron chi connectivity index (χ4n) is 1.59. The van der Waals surface area contributed by atoms with Gasteiger partial charge in [-0.05, 0) is 18.5 Å². The average Bonchev–Trinajstić information content (AvgIpc) is 2.99. The number of hydrogen-bond acceptors (Lipinski definition) is 6. The molecule has 9 heteroatoms. The van der Waals surface area contributed by atoms with Gasteiger partial charge in [0.15, 0.2) is 0 Å². The van der Waals surface area contributed by atoms with E-state index in [1.807, 2.05) is 0 Å². The molecule has 2 heterocycles. The third-order valence-electron chi connectivity index (χ3n) is 2.43. The highest BCUT2D eigenvalue weighted by Crippen LogP contribution is 2.22. The molecular formula is C11H14N6O2S. The second-order valence-electron chi connectivity index (χ2n) is 4.01. The van der Waals surface area contributed by atoms with Crippen molar-refractivity contribution in [3.05, 3.63) is 28.9 Å². The van der Waals surface area contributed by atoms with Gasteiger partial charge in [0, 0.05) is 6.54 Å². The van der Waals surface area contributed by atoms with Crippen molar-refractivity contribution >= 4 is 28.2 Å². The summed E-state index contributed by atoms with van der Waals surface area (Å²) in [6.45, 7) is 0.602. The van der Waals surface area contributed by atoms with Gasteiger partial charge < -0.3 is 16.4 Å². The zero-order chi connectivity index (χ0) is 14.5. The van der Waals surface area contributed by atoms with E-state index in [1.54, 1.807) is 24.7 Å². The second-order valence-corrected chi connectivity index (χ2v) is 4.93. The van der Waals surface area contributed by atoms with Gasteiger partial charge in [0.05, 0.1) is 17.5 Å². The summed E-state index contributed by atoms with van der Waals surface area (Å²) in [5.74, 6) is -0.866. The molecule has 8 nitrogen and oxygen atoms in total. The van der Waals surface area contributed by atoms with E-state index in [4.69, 9.17) is 5.73 Å². The molecule has 2 amide bonds. The molecule has 0 aliphatic carbocycles. The Balaban J connectivity index is 1.98. The number of nitrogens with two attached hydrogens (primary N) is 1. The number of carbonyl (C=O) groups is 2. The quantitative estimate of drug-likeness (QED) is 0.682. The molecule has 2 aromatic heterocycles. The third kappa shape index (κ3) is 3.39. The number of hydrogen-bond donors (Lipinski definition) is 3. The first kappa shape index (κ1) is 14.2. The van der Waals surface area contributed by atoms with E-state index in [0.717, 1.165) is 5.69 Å². The van der Waals surface area contributed by atoms with Crippen molar-refractivity contribution in [2.45, 2.75) is 13.1 Å². The second kappa shape index (κ2) is 6.26. The number of rotatable bonds is 6. The predicted molar refractivity (Wildman–Crippen MR) is 74.3 cm³/mol. The first-order valence-electron chi connectivity index (χ1n) is 5.81. The first-order chi connectivity index (χ1) is 9.60. The highest BCUT2D eigenvalue weighted by atomic mass is 32.1. The molecule has 0 aliphatic rings. The number of amides is 2. The fraction of sp³-hybridized carbons (Fsp3) is 0.273. The highest BCUT2D eigenvalue weighted by Gasteiger charge is 2.13. The first-order valence-corrected chi connectivity index (χ1v) is 6.69. The molecule has 0 aliphatic heterocycles. The van der Waals surface area contributed by atoms with E-state index in [0.29, 0.717) is 17.1 Å². The summed E-state index contributed by atoms with van der Waals surface area (Å²) in [6.07, 6.45) is 1.68. The van der Waals surface area contributed by atoms with Crippen LogP contribution < -0.4 is 16.4 Å². The summed E-state index contributed by atoms with van der Waals surface area (Å²) in [4.78, 5) is 23.0. The molecule has 20 heavy (non-hydrogen) atoms. The van der Waals surface area contributed by atoms with Crippen LogP contribution in [0.2, 0.25) is 0 Å². The summed E-state index contributed by atoms with van der Waals surface area (Å²) in [5.41, 5.74) is 6.25. The Morgan fingerprint density at radius 3 is 3.00 bits per heavy atom. The van der Waals surface area contributed by atoms with Gasteiger partial charge in [-0.3, -0.25) is 9.59 Å². The van der Waals surface area contributed by atoms with E-state index in [-0.39, 0.29) is 12.5 Å². The monoisotopic (exact) mass is 294 g/mol. The van der Waals surface area contributed by atoms with E-state index in [2.05, 4.69) is 20.9 Å². The Morgan fingerprint density at radius 1 is 1.50 bits per heavy atom. The Morgan fingerprint density at radius 2 is 2.30 bits per heavy atom. The lowest BCUT2D eigenvalue weighted by atomic mass is 10.3. The minimum Gasteiger partial charge on any atom is -0.366 e. The van der Waals surface area contributed by atoms with Crippen LogP contribution in [0.5, 0.6) is 0 Å². The molecule has 4 N–H and O–H groups in total. The molecule has 0 fully saturated rings. The molecule has 2 aromatic rings. The Labute approximate surface area is 119 Å². The predicted octanol–water partition coefficient (Wildman–Crippen LogP) is -0.203. The van der Waals surface area contributed by atoms with Crippen molar-refractivity contribution in [1.82, 2.24) is 20.3 Å². The Bertz CT molecular complexity index is 620. The number of nitrogens with one attached hydrogen (secondary N) is 2. The largest absolute Gasteiger partial charge is 0.366 e. The summed E-state index contributed by atoms with van der Waals surface area (Å²) in [7, 11) is 1.80. The zero-order valence-electron chi connectivity index (χ0n) is 10.8. The minimum absolute atomic E-state index is 0.0207. The van der Waals surface area contributed by atoms with Crippen LogP contribution in [-0.2, 0) is 17.9 Å². The standard InChI is InChI=1S/C11H14N6O2S/c1-13-4-7-5-17(16-15-7)6-9(18)14-11-8(10(12)19)2-3-20-11/h2-3,5,13H,4,6H2,1H3,(H2,12,19)(H,14,18). The number of anilines is 1. The molecule has 0 saturated carbocycles. The van der Waals surface area contributed by atoms with E-state index in [1.165, 1.54) is 16.0 Å². The molecule has 0 atom stereocenters. The Hall–Kier alpha value is -2.26. The van der Waals surface area contributed by atoms with Gasteiger partial charge in [0.2, 0.25) is 5.91 Å². The molecule has 106 valence electrons. The average molecular weight is 294 g/mol. The maximum Gasteiger partial charge on any atom is 0.251 e. The van der Waals surface area contributed by atoms with E-state index in [9.17, 15) is 9.59 Å². The molecule has 0 bridgehead atoms. The van der Waals surface area contributed by atoms with Crippen LogP contribution >= 0.6 is 11.3 Å². The lowest BCUT2D eigenvalue weighted by Gasteiger charge is -2.04. The van der Waals surface area contributed by atoms with E-state index >= 15 is 0 Å². The molecule has 0 saturated heterocycles. The summed E-state index contributed by atoms with van der Waals surface area (Å²) in [6, 6.07) is 1.57. The topological polar surface area (TPSA) is 115 Å². The van der Waals surface area contributed by atoms with Crippen LogP contribution in [0.1, 0.15) is 16.1 Å². The van der Waals surface area contributed by atoms with Gasteiger partial charge in [-0.25, -0.2) is 4.68 Å². The number of thiophene rings is 1. The molecule has 2 rings (SSSR count).